The molecule has 1 aliphatic carbocycles. The predicted octanol–water partition coefficient (Wildman–Crippen LogP) is 4.39. The third-order valence-electron chi connectivity index (χ3n) is 8.53. The van der Waals surface area contributed by atoms with Crippen molar-refractivity contribution < 1.29 is 19.5 Å². The summed E-state index contributed by atoms with van der Waals surface area (Å²) in [6.45, 7) is 5.23. The van der Waals surface area contributed by atoms with Crippen molar-refractivity contribution in [1.82, 2.24) is 20.3 Å². The predicted molar refractivity (Wildman–Crippen MR) is 169 cm³/mol. The average Bonchev–Trinajstić information content (AvgIpc) is 3.47. The highest BCUT2D eigenvalue weighted by atomic mass is 16.6. The molecule has 1 saturated heterocycles. The van der Waals surface area contributed by atoms with E-state index in [1.807, 2.05) is 36.4 Å². The second kappa shape index (κ2) is 13.7. The Morgan fingerprint density at radius 1 is 0.932 bits per heavy atom. The lowest BCUT2D eigenvalue weighted by molar-refractivity contribution is -0.132. The fourth-order valence-electron chi connectivity index (χ4n) is 5.93. The first-order valence-corrected chi connectivity index (χ1v) is 15.1. The highest BCUT2D eigenvalue weighted by molar-refractivity contribution is 5.84. The number of hydrogen-bond donors (Lipinski definition) is 3. The highest BCUT2D eigenvalue weighted by Crippen LogP contribution is 2.30. The lowest BCUT2D eigenvalue weighted by Crippen LogP contribution is -2.49. The van der Waals surface area contributed by atoms with Gasteiger partial charge < -0.3 is 19.5 Å². The van der Waals surface area contributed by atoms with Gasteiger partial charge in [0.15, 0.2) is 0 Å². The molecule has 9 heteroatoms. The Kier molecular flexibility index (Phi) is 9.11. The van der Waals surface area contributed by atoms with E-state index in [4.69, 9.17) is 9.94 Å². The minimum atomic E-state index is -0.533. The van der Waals surface area contributed by atoms with Gasteiger partial charge in [-0.15, -0.1) is 0 Å². The summed E-state index contributed by atoms with van der Waals surface area (Å²) < 4.78 is 5.76. The third kappa shape index (κ3) is 6.72. The number of carbonyl (C=O) groups is 2. The van der Waals surface area contributed by atoms with E-state index in [-0.39, 0.29) is 12.0 Å². The van der Waals surface area contributed by atoms with Crippen molar-refractivity contribution in [2.45, 2.75) is 18.9 Å². The number of carbonyl (C=O) groups excluding carboxylic acids is 2. The van der Waals surface area contributed by atoms with Gasteiger partial charge in [0.25, 0.3) is 5.91 Å². The number of para-hydroxylation sites is 2. The van der Waals surface area contributed by atoms with Gasteiger partial charge in [0.1, 0.15) is 12.5 Å². The van der Waals surface area contributed by atoms with Gasteiger partial charge in [-0.25, -0.2) is 10.3 Å². The van der Waals surface area contributed by atoms with E-state index in [2.05, 4.69) is 75.3 Å². The zero-order valence-electron chi connectivity index (χ0n) is 24.6. The van der Waals surface area contributed by atoms with E-state index in [1.165, 1.54) is 16.6 Å². The van der Waals surface area contributed by atoms with Crippen LogP contribution in [0.3, 0.4) is 0 Å². The first-order valence-electron chi connectivity index (χ1n) is 15.1. The normalized spacial score (nSPS) is 17.6. The Labute approximate surface area is 257 Å². The molecule has 0 spiro atoms. The van der Waals surface area contributed by atoms with E-state index < -0.39 is 11.8 Å². The molecule has 2 unspecified atom stereocenters. The molecule has 9 nitrogen and oxygen atoms in total. The number of nitrogens with zero attached hydrogens (tertiary/aromatic N) is 3. The van der Waals surface area contributed by atoms with Crippen LogP contribution in [-0.4, -0.2) is 77.9 Å². The van der Waals surface area contributed by atoms with Crippen molar-refractivity contribution in [3.63, 3.8) is 0 Å². The van der Waals surface area contributed by atoms with Crippen LogP contribution in [0.4, 0.5) is 10.5 Å². The van der Waals surface area contributed by atoms with Crippen molar-refractivity contribution in [3.05, 3.63) is 102 Å². The molecule has 3 N–H and O–H groups in total. The van der Waals surface area contributed by atoms with Crippen molar-refractivity contribution in [3.8, 4) is 11.8 Å². The summed E-state index contributed by atoms with van der Waals surface area (Å²) in [6, 6.07) is 26.7. The van der Waals surface area contributed by atoms with Crippen LogP contribution in [0.15, 0.2) is 85.1 Å². The number of H-pyrrole nitrogens is 1. The largest absolute Gasteiger partial charge is 0.448 e. The van der Waals surface area contributed by atoms with Crippen molar-refractivity contribution in [2.24, 2.45) is 5.92 Å². The number of hydroxylamine groups is 1. The Morgan fingerprint density at radius 2 is 1.68 bits per heavy atom. The zero-order valence-corrected chi connectivity index (χ0v) is 24.6. The van der Waals surface area contributed by atoms with Gasteiger partial charge in [-0.1, -0.05) is 72.5 Å². The molecule has 2 heterocycles. The number of ether oxygens (including phenoxy) is 1. The fourth-order valence-corrected chi connectivity index (χ4v) is 5.93. The molecule has 1 fully saturated rings. The van der Waals surface area contributed by atoms with Crippen molar-refractivity contribution >= 4 is 28.6 Å². The van der Waals surface area contributed by atoms with Crippen LogP contribution in [0.1, 0.15) is 22.6 Å². The molecule has 226 valence electrons. The maximum Gasteiger partial charge on any atom is 0.409 e. The number of hydrogen-bond acceptors (Lipinski definition) is 6. The molecule has 0 saturated carbocycles. The molecular weight excluding hydrogens is 554 g/mol. The minimum Gasteiger partial charge on any atom is -0.448 e. The number of fused-ring (bicyclic) bond motifs is 1. The second-order valence-corrected chi connectivity index (χ2v) is 11.3. The molecule has 4 aromatic rings. The van der Waals surface area contributed by atoms with Gasteiger partial charge in [-0.2, -0.15) is 0 Å². The molecule has 1 aromatic heterocycles. The number of benzene rings is 3. The van der Waals surface area contributed by atoms with Gasteiger partial charge in [-0.05, 0) is 41.3 Å². The lowest BCUT2D eigenvalue weighted by atomic mass is 9.79. The Hall–Kier alpha value is -4.78. The quantitative estimate of drug-likeness (QED) is 0.136. The summed E-state index contributed by atoms with van der Waals surface area (Å²) >= 11 is 0. The van der Waals surface area contributed by atoms with E-state index in [0.717, 1.165) is 42.7 Å². The van der Waals surface area contributed by atoms with E-state index in [1.54, 1.807) is 10.4 Å². The van der Waals surface area contributed by atoms with E-state index >= 15 is 0 Å². The third-order valence-corrected chi connectivity index (χ3v) is 8.53. The first-order chi connectivity index (χ1) is 21.6. The number of anilines is 1. The standard InChI is InChI=1S/C35H37N5O4/c41-34(37-43)32-15-14-30(32)27-12-10-26(11-13-27)25-38(17-16-28-24-36-33-9-5-4-8-31(28)33)22-23-44-35(42)40-20-18-39(19-21-40)29-6-2-1-3-7-29/h1-13,24,30,32,36,43H,16-23,25H2,(H,37,41). The first kappa shape index (κ1) is 29.3. The van der Waals surface area contributed by atoms with Crippen molar-refractivity contribution in [1.29, 1.82) is 0 Å². The topological polar surface area (TPSA) is 101 Å². The lowest BCUT2D eigenvalue weighted by Gasteiger charge is -2.35. The smallest absolute Gasteiger partial charge is 0.409 e. The number of aromatic amines is 1. The summed E-state index contributed by atoms with van der Waals surface area (Å²) in [5.74, 6) is 4.61. The number of rotatable bonds is 11. The number of aromatic nitrogens is 1. The maximum absolute atomic E-state index is 12.9. The number of piperazine rings is 1. The summed E-state index contributed by atoms with van der Waals surface area (Å²) in [7, 11) is 0. The number of nitrogens with one attached hydrogen (secondary N) is 2. The SMILES string of the molecule is O=C(NO)C1C#CC1c1ccc(CN(CCOC(=O)N2CCN(c3ccccc3)CC2)CCc2c[nH]c3ccccc23)cc1. The number of amides is 2. The Bertz CT molecular complexity index is 1630. The summed E-state index contributed by atoms with van der Waals surface area (Å²) in [5, 5.41) is 10.2. The van der Waals surface area contributed by atoms with Crippen LogP contribution in [0.25, 0.3) is 10.9 Å². The molecule has 1 aliphatic heterocycles. The molecule has 0 bridgehead atoms. The molecule has 3 aromatic carbocycles. The monoisotopic (exact) mass is 591 g/mol. The van der Waals surface area contributed by atoms with Crippen LogP contribution < -0.4 is 10.4 Å². The van der Waals surface area contributed by atoms with Crippen LogP contribution in [0, 0.1) is 17.8 Å². The van der Waals surface area contributed by atoms with Crippen LogP contribution in [0.2, 0.25) is 0 Å². The minimum absolute atomic E-state index is 0.219. The molecule has 2 aliphatic rings. The molecule has 0 radical (unpaired) electrons. The van der Waals surface area contributed by atoms with E-state index in [9.17, 15) is 9.59 Å². The molecule has 6 rings (SSSR count). The van der Waals surface area contributed by atoms with Gasteiger partial charge >= 0.3 is 6.09 Å². The fraction of sp³-hybridized carbons (Fsp3) is 0.314. The van der Waals surface area contributed by atoms with Gasteiger partial charge in [0.05, 0.1) is 5.92 Å². The summed E-state index contributed by atoms with van der Waals surface area (Å²) in [4.78, 5) is 34.5. The van der Waals surface area contributed by atoms with Crippen molar-refractivity contribution in [2.75, 3.05) is 50.8 Å². The molecule has 2 amide bonds. The molecule has 2 atom stereocenters. The van der Waals surface area contributed by atoms with Gasteiger partial charge in [0.2, 0.25) is 0 Å². The van der Waals surface area contributed by atoms with Crippen LogP contribution >= 0.6 is 0 Å². The Balaban J connectivity index is 1.05. The van der Waals surface area contributed by atoms with Gasteiger partial charge in [0, 0.05) is 68.6 Å². The van der Waals surface area contributed by atoms with Gasteiger partial charge in [-0.3, -0.25) is 14.9 Å². The summed E-state index contributed by atoms with van der Waals surface area (Å²) in [6.07, 6.45) is 2.67. The van der Waals surface area contributed by atoms with E-state index in [0.29, 0.717) is 32.8 Å². The van der Waals surface area contributed by atoms with Crippen LogP contribution in [-0.2, 0) is 22.5 Å². The average molecular weight is 592 g/mol. The molecular formula is C35H37N5O4. The molecule has 44 heavy (non-hydrogen) atoms. The highest BCUT2D eigenvalue weighted by Gasteiger charge is 2.32. The maximum atomic E-state index is 12.9. The van der Waals surface area contributed by atoms with Crippen LogP contribution in [0.5, 0.6) is 0 Å². The summed E-state index contributed by atoms with van der Waals surface area (Å²) in [5.41, 5.74) is 7.33. The second-order valence-electron chi connectivity index (χ2n) is 11.3. The Morgan fingerprint density at radius 3 is 2.41 bits per heavy atom. The zero-order chi connectivity index (χ0) is 30.3.